The first-order valence-corrected chi connectivity index (χ1v) is 9.47. The lowest BCUT2D eigenvalue weighted by Gasteiger charge is -2.41. The van der Waals surface area contributed by atoms with Gasteiger partial charge >= 0.3 is 0 Å². The number of fused-ring (bicyclic) bond motifs is 1. The summed E-state index contributed by atoms with van der Waals surface area (Å²) in [5.41, 5.74) is 1.27. The summed E-state index contributed by atoms with van der Waals surface area (Å²) in [4.78, 5) is 7.43. The summed E-state index contributed by atoms with van der Waals surface area (Å²) in [5, 5.41) is 6.93. The molecule has 21 heavy (non-hydrogen) atoms. The van der Waals surface area contributed by atoms with Gasteiger partial charge in [-0.2, -0.15) is 0 Å². The van der Waals surface area contributed by atoms with Crippen molar-refractivity contribution in [2.75, 3.05) is 13.1 Å². The van der Waals surface area contributed by atoms with Crippen molar-refractivity contribution >= 4 is 11.3 Å². The number of likely N-dealkylation sites (tertiary alicyclic amines) is 1. The van der Waals surface area contributed by atoms with E-state index in [-0.39, 0.29) is 0 Å². The van der Waals surface area contributed by atoms with Gasteiger partial charge in [0.1, 0.15) is 5.01 Å². The molecule has 1 N–H and O–H groups in total. The molecule has 2 fully saturated rings. The molecule has 118 valence electrons. The van der Waals surface area contributed by atoms with Gasteiger partial charge in [0.2, 0.25) is 0 Å². The van der Waals surface area contributed by atoms with Gasteiger partial charge in [0, 0.05) is 31.1 Å². The van der Waals surface area contributed by atoms with Gasteiger partial charge in [0.25, 0.3) is 0 Å². The zero-order valence-electron chi connectivity index (χ0n) is 13.5. The van der Waals surface area contributed by atoms with E-state index in [1.807, 2.05) is 0 Å². The van der Waals surface area contributed by atoms with Crippen LogP contribution in [0, 0.1) is 11.8 Å². The predicted octanol–water partition coefficient (Wildman–Crippen LogP) is 3.65. The summed E-state index contributed by atoms with van der Waals surface area (Å²) in [5.74, 6) is 1.99. The minimum Gasteiger partial charge on any atom is -0.308 e. The highest BCUT2D eigenvalue weighted by atomic mass is 32.1. The van der Waals surface area contributed by atoms with Gasteiger partial charge in [-0.3, -0.25) is 4.90 Å². The minimum absolute atomic E-state index is 0.530. The largest absolute Gasteiger partial charge is 0.308 e. The standard InChI is InChI=1S/C17H29N3S/c1-13(2)18-9-17-19-16(12-21-17)11-20-8-7-14-5-3-4-6-15(14)10-20/h12-15,18H,3-11H2,1-2H3. The predicted molar refractivity (Wildman–Crippen MR) is 89.4 cm³/mol. The van der Waals surface area contributed by atoms with Gasteiger partial charge in [-0.1, -0.05) is 33.1 Å². The van der Waals surface area contributed by atoms with Crippen LogP contribution in [-0.4, -0.2) is 29.0 Å². The number of rotatable bonds is 5. The molecule has 0 bridgehead atoms. The lowest BCUT2D eigenvalue weighted by molar-refractivity contribution is 0.0813. The molecule has 1 saturated carbocycles. The number of nitrogens with zero attached hydrogens (tertiary/aromatic N) is 2. The van der Waals surface area contributed by atoms with Gasteiger partial charge in [-0.15, -0.1) is 11.3 Å². The number of piperidine rings is 1. The summed E-state index contributed by atoms with van der Waals surface area (Å²) in [6.07, 6.45) is 7.29. The fourth-order valence-corrected chi connectivity index (χ4v) is 4.58. The second-order valence-electron chi connectivity index (χ2n) is 7.10. The highest BCUT2D eigenvalue weighted by molar-refractivity contribution is 7.09. The molecule has 1 aromatic rings. The fourth-order valence-electron chi connectivity index (χ4n) is 3.84. The molecule has 2 aliphatic rings. The number of hydrogen-bond acceptors (Lipinski definition) is 4. The van der Waals surface area contributed by atoms with Crippen LogP contribution in [0.5, 0.6) is 0 Å². The van der Waals surface area contributed by atoms with Crippen molar-refractivity contribution in [3.8, 4) is 0 Å². The van der Waals surface area contributed by atoms with Crippen LogP contribution in [0.4, 0.5) is 0 Å². The first kappa shape index (κ1) is 15.4. The Hall–Kier alpha value is -0.450. The highest BCUT2D eigenvalue weighted by Gasteiger charge is 2.31. The van der Waals surface area contributed by atoms with Gasteiger partial charge in [-0.05, 0) is 31.2 Å². The van der Waals surface area contributed by atoms with E-state index in [1.54, 1.807) is 11.3 Å². The Morgan fingerprint density at radius 3 is 2.90 bits per heavy atom. The quantitative estimate of drug-likeness (QED) is 0.900. The molecule has 2 atom stereocenters. The van der Waals surface area contributed by atoms with E-state index in [0.29, 0.717) is 6.04 Å². The Morgan fingerprint density at radius 1 is 1.29 bits per heavy atom. The lowest BCUT2D eigenvalue weighted by Crippen LogP contribution is -2.41. The smallest absolute Gasteiger partial charge is 0.107 e. The van der Waals surface area contributed by atoms with Crippen molar-refractivity contribution in [3.05, 3.63) is 16.1 Å². The van der Waals surface area contributed by atoms with Crippen molar-refractivity contribution in [1.29, 1.82) is 0 Å². The average Bonchev–Trinajstić information content (AvgIpc) is 2.92. The lowest BCUT2D eigenvalue weighted by atomic mass is 9.75. The van der Waals surface area contributed by atoms with Crippen LogP contribution in [0.2, 0.25) is 0 Å². The first-order valence-electron chi connectivity index (χ1n) is 8.59. The van der Waals surface area contributed by atoms with E-state index >= 15 is 0 Å². The molecule has 3 rings (SSSR count). The van der Waals surface area contributed by atoms with Crippen LogP contribution in [0.25, 0.3) is 0 Å². The maximum atomic E-state index is 4.79. The fraction of sp³-hybridized carbons (Fsp3) is 0.824. The van der Waals surface area contributed by atoms with Gasteiger partial charge < -0.3 is 5.32 Å². The molecule has 3 nitrogen and oxygen atoms in total. The zero-order valence-corrected chi connectivity index (χ0v) is 14.3. The monoisotopic (exact) mass is 307 g/mol. The minimum atomic E-state index is 0.530. The molecular weight excluding hydrogens is 278 g/mol. The third kappa shape index (κ3) is 4.27. The van der Waals surface area contributed by atoms with Gasteiger partial charge in [0.15, 0.2) is 0 Å². The van der Waals surface area contributed by atoms with Crippen molar-refractivity contribution in [2.24, 2.45) is 11.8 Å². The van der Waals surface area contributed by atoms with E-state index in [0.717, 1.165) is 24.9 Å². The molecule has 2 unspecified atom stereocenters. The van der Waals surface area contributed by atoms with E-state index in [2.05, 4.69) is 29.4 Å². The van der Waals surface area contributed by atoms with Crippen molar-refractivity contribution in [1.82, 2.24) is 15.2 Å². The van der Waals surface area contributed by atoms with Crippen molar-refractivity contribution in [2.45, 2.75) is 65.1 Å². The van der Waals surface area contributed by atoms with Gasteiger partial charge in [0.05, 0.1) is 5.69 Å². The molecule has 0 aromatic carbocycles. The van der Waals surface area contributed by atoms with Crippen molar-refractivity contribution < 1.29 is 0 Å². The summed E-state index contributed by atoms with van der Waals surface area (Å²) >= 11 is 1.80. The summed E-state index contributed by atoms with van der Waals surface area (Å²) < 4.78 is 0. The molecular formula is C17H29N3S. The van der Waals surface area contributed by atoms with Crippen LogP contribution in [-0.2, 0) is 13.1 Å². The van der Waals surface area contributed by atoms with Crippen LogP contribution in [0.15, 0.2) is 5.38 Å². The Balaban J connectivity index is 1.50. The second kappa shape index (κ2) is 7.21. The third-order valence-corrected chi connectivity index (χ3v) is 5.92. The Labute approximate surface area is 133 Å². The summed E-state index contributed by atoms with van der Waals surface area (Å²) in [6.45, 7) is 8.92. The van der Waals surface area contributed by atoms with Gasteiger partial charge in [-0.25, -0.2) is 4.98 Å². The zero-order chi connectivity index (χ0) is 14.7. The first-order chi connectivity index (χ1) is 10.2. The number of thiazole rings is 1. The maximum Gasteiger partial charge on any atom is 0.107 e. The summed E-state index contributed by atoms with van der Waals surface area (Å²) in [7, 11) is 0. The Kier molecular flexibility index (Phi) is 5.30. The molecule has 0 amide bonds. The van der Waals surface area contributed by atoms with E-state index in [4.69, 9.17) is 4.98 Å². The number of aromatic nitrogens is 1. The van der Waals surface area contributed by atoms with E-state index in [1.165, 1.54) is 55.9 Å². The van der Waals surface area contributed by atoms with Crippen LogP contribution >= 0.6 is 11.3 Å². The van der Waals surface area contributed by atoms with Crippen LogP contribution in [0.1, 0.15) is 56.7 Å². The number of nitrogens with one attached hydrogen (secondary N) is 1. The molecule has 1 aliphatic carbocycles. The molecule has 0 radical (unpaired) electrons. The molecule has 1 aromatic heterocycles. The molecule has 4 heteroatoms. The highest BCUT2D eigenvalue weighted by Crippen LogP contribution is 2.36. The van der Waals surface area contributed by atoms with E-state index < -0.39 is 0 Å². The normalized spacial score (nSPS) is 27.0. The average molecular weight is 308 g/mol. The van der Waals surface area contributed by atoms with Crippen molar-refractivity contribution in [3.63, 3.8) is 0 Å². The maximum absolute atomic E-state index is 4.79. The summed E-state index contributed by atoms with van der Waals surface area (Å²) in [6, 6.07) is 0.530. The topological polar surface area (TPSA) is 28.2 Å². The van der Waals surface area contributed by atoms with Crippen LogP contribution in [0.3, 0.4) is 0 Å². The number of hydrogen-bond donors (Lipinski definition) is 1. The second-order valence-corrected chi connectivity index (χ2v) is 8.04. The Morgan fingerprint density at radius 2 is 2.10 bits per heavy atom. The third-order valence-electron chi connectivity index (χ3n) is 5.02. The SMILES string of the molecule is CC(C)NCc1nc(CN2CCC3CCCCC3C2)cs1. The van der Waals surface area contributed by atoms with E-state index in [9.17, 15) is 0 Å². The molecule has 1 saturated heterocycles. The molecule has 1 aliphatic heterocycles. The van der Waals surface area contributed by atoms with Crippen LogP contribution < -0.4 is 5.32 Å². The molecule has 2 heterocycles. The Bertz CT molecular complexity index is 443. The molecule has 0 spiro atoms.